The maximum atomic E-state index is 12.5. The first-order valence-corrected chi connectivity index (χ1v) is 11.0. The van der Waals surface area contributed by atoms with Gasteiger partial charge in [-0.05, 0) is 43.0 Å². The van der Waals surface area contributed by atoms with Crippen molar-refractivity contribution in [3.63, 3.8) is 0 Å². The van der Waals surface area contributed by atoms with Crippen LogP contribution in [0.15, 0.2) is 48.5 Å². The molecule has 0 radical (unpaired) electrons. The largest absolute Gasteiger partial charge is 0.369 e. The Hall–Kier alpha value is -2.99. The highest BCUT2D eigenvalue weighted by atomic mass is 16.2. The van der Waals surface area contributed by atoms with Crippen molar-refractivity contribution in [2.45, 2.75) is 45.6 Å². The average molecular weight is 422 g/mol. The van der Waals surface area contributed by atoms with Gasteiger partial charge in [0.05, 0.1) is 5.92 Å². The summed E-state index contributed by atoms with van der Waals surface area (Å²) in [6.45, 7) is 4.25. The fourth-order valence-electron chi connectivity index (χ4n) is 3.96. The molecule has 1 fully saturated rings. The van der Waals surface area contributed by atoms with Crippen LogP contribution in [-0.4, -0.2) is 35.6 Å². The number of hydrogen-bond acceptors (Lipinski definition) is 4. The van der Waals surface area contributed by atoms with Gasteiger partial charge in [-0.2, -0.15) is 0 Å². The van der Waals surface area contributed by atoms with E-state index in [0.717, 1.165) is 37.1 Å². The van der Waals surface area contributed by atoms with Crippen LogP contribution in [0.4, 0.5) is 5.69 Å². The first kappa shape index (κ1) is 22.7. The zero-order valence-electron chi connectivity index (χ0n) is 18.1. The zero-order valence-corrected chi connectivity index (χ0v) is 18.1. The Morgan fingerprint density at radius 3 is 2.52 bits per heavy atom. The van der Waals surface area contributed by atoms with Crippen LogP contribution in [0.3, 0.4) is 0 Å². The van der Waals surface area contributed by atoms with Gasteiger partial charge in [-0.3, -0.25) is 19.3 Å². The molecule has 6 heteroatoms. The normalized spacial score (nSPS) is 16.6. The number of nitrogens with two attached hydrogens (primary N) is 1. The minimum atomic E-state index is -0.250. The molecule has 1 aliphatic rings. The molecule has 6 nitrogen and oxygen atoms in total. The lowest BCUT2D eigenvalue weighted by Crippen LogP contribution is -2.40. The number of para-hydroxylation sites is 1. The second-order valence-electron chi connectivity index (χ2n) is 8.16. The van der Waals surface area contributed by atoms with Crippen LogP contribution in [0.5, 0.6) is 0 Å². The molecule has 3 N–H and O–H groups in total. The Kier molecular flexibility index (Phi) is 7.95. The van der Waals surface area contributed by atoms with Gasteiger partial charge in [0, 0.05) is 37.2 Å². The summed E-state index contributed by atoms with van der Waals surface area (Å²) in [6, 6.07) is 15.2. The number of primary amides is 1. The molecular formula is C25H31N3O3. The zero-order chi connectivity index (χ0) is 22.2. The molecule has 2 amide bonds. The lowest BCUT2D eigenvalue weighted by atomic mass is 9.97. The minimum absolute atomic E-state index is 0.0306. The van der Waals surface area contributed by atoms with Crippen LogP contribution in [0.1, 0.15) is 54.1 Å². The standard InChI is InChI=1S/C25H31N3O3/c1-2-18-9-11-19(12-10-18)23(29)13-14-24(30)27-22-8-4-3-6-20(22)16-28-15-5-7-21(17-28)25(26)31/h3-4,6,8-12,21H,2,5,7,13-17H2,1H3,(H2,26,31)(H,27,30). The number of rotatable bonds is 9. The Morgan fingerprint density at radius 1 is 1.06 bits per heavy atom. The smallest absolute Gasteiger partial charge is 0.224 e. The quantitative estimate of drug-likeness (QED) is 0.606. The molecule has 31 heavy (non-hydrogen) atoms. The number of benzene rings is 2. The number of ketones is 1. The number of carbonyl (C=O) groups excluding carboxylic acids is 3. The minimum Gasteiger partial charge on any atom is -0.369 e. The maximum absolute atomic E-state index is 12.5. The number of likely N-dealkylation sites (tertiary alicyclic amines) is 1. The molecule has 0 saturated carbocycles. The van der Waals surface area contributed by atoms with E-state index in [1.54, 1.807) is 0 Å². The van der Waals surface area contributed by atoms with Crippen molar-refractivity contribution in [2.75, 3.05) is 18.4 Å². The third-order valence-corrected chi connectivity index (χ3v) is 5.86. The predicted molar refractivity (Wildman–Crippen MR) is 122 cm³/mol. The second-order valence-corrected chi connectivity index (χ2v) is 8.16. The van der Waals surface area contributed by atoms with Crippen LogP contribution < -0.4 is 11.1 Å². The number of carbonyl (C=O) groups is 3. The van der Waals surface area contributed by atoms with Gasteiger partial charge in [-0.15, -0.1) is 0 Å². The van der Waals surface area contributed by atoms with Gasteiger partial charge in [0.2, 0.25) is 11.8 Å². The number of hydrogen-bond donors (Lipinski definition) is 2. The van der Waals surface area contributed by atoms with E-state index in [4.69, 9.17) is 5.73 Å². The lowest BCUT2D eigenvalue weighted by molar-refractivity contribution is -0.123. The van der Waals surface area contributed by atoms with E-state index in [9.17, 15) is 14.4 Å². The van der Waals surface area contributed by atoms with Gasteiger partial charge < -0.3 is 11.1 Å². The number of amides is 2. The summed E-state index contributed by atoms with van der Waals surface area (Å²) < 4.78 is 0. The summed E-state index contributed by atoms with van der Waals surface area (Å²) in [4.78, 5) is 38.6. The van der Waals surface area contributed by atoms with Crippen molar-refractivity contribution in [3.05, 3.63) is 65.2 Å². The van der Waals surface area contributed by atoms with E-state index in [1.165, 1.54) is 5.56 Å². The molecule has 1 atom stereocenters. The SMILES string of the molecule is CCc1ccc(C(=O)CCC(=O)Nc2ccccc2CN2CCCC(C(N)=O)C2)cc1. The number of nitrogens with one attached hydrogen (secondary N) is 1. The molecule has 3 rings (SSSR count). The molecule has 0 aliphatic carbocycles. The molecule has 1 aliphatic heterocycles. The highest BCUT2D eigenvalue weighted by Crippen LogP contribution is 2.22. The summed E-state index contributed by atoms with van der Waals surface area (Å²) in [5.74, 6) is -0.579. The van der Waals surface area contributed by atoms with E-state index in [1.807, 2.05) is 48.5 Å². The Labute approximate surface area is 183 Å². The molecule has 1 saturated heterocycles. The summed E-state index contributed by atoms with van der Waals surface area (Å²) in [6.07, 6.45) is 3.00. The lowest BCUT2D eigenvalue weighted by Gasteiger charge is -2.31. The summed E-state index contributed by atoms with van der Waals surface area (Å²) in [5.41, 5.74) is 9.04. The molecule has 1 heterocycles. The molecule has 164 valence electrons. The van der Waals surface area contributed by atoms with E-state index < -0.39 is 0 Å². The van der Waals surface area contributed by atoms with Crippen molar-refractivity contribution >= 4 is 23.3 Å². The van der Waals surface area contributed by atoms with Crippen molar-refractivity contribution in [1.82, 2.24) is 4.90 Å². The topological polar surface area (TPSA) is 92.5 Å². The predicted octanol–water partition coefficient (Wildman–Crippen LogP) is 3.55. The summed E-state index contributed by atoms with van der Waals surface area (Å²) in [7, 11) is 0. The first-order valence-electron chi connectivity index (χ1n) is 11.0. The van der Waals surface area contributed by atoms with Crippen molar-refractivity contribution < 1.29 is 14.4 Å². The van der Waals surface area contributed by atoms with Crippen molar-refractivity contribution in [1.29, 1.82) is 0 Å². The molecule has 0 bridgehead atoms. The molecule has 2 aromatic rings. The molecular weight excluding hydrogens is 390 g/mol. The Bertz CT molecular complexity index is 924. The van der Waals surface area contributed by atoms with Crippen LogP contribution in [0.25, 0.3) is 0 Å². The monoisotopic (exact) mass is 421 g/mol. The van der Waals surface area contributed by atoms with Crippen LogP contribution in [0, 0.1) is 5.92 Å². The number of anilines is 1. The summed E-state index contributed by atoms with van der Waals surface area (Å²) >= 11 is 0. The van der Waals surface area contributed by atoms with Crippen LogP contribution in [-0.2, 0) is 22.6 Å². The van der Waals surface area contributed by atoms with Crippen LogP contribution in [0.2, 0.25) is 0 Å². The van der Waals surface area contributed by atoms with Gasteiger partial charge >= 0.3 is 0 Å². The Balaban J connectivity index is 1.55. The van der Waals surface area contributed by atoms with Gasteiger partial charge in [0.25, 0.3) is 0 Å². The fraction of sp³-hybridized carbons (Fsp3) is 0.400. The third kappa shape index (κ3) is 6.49. The highest BCUT2D eigenvalue weighted by molar-refractivity contribution is 6.00. The Morgan fingerprint density at radius 2 is 1.81 bits per heavy atom. The average Bonchev–Trinajstić information content (AvgIpc) is 2.79. The van der Waals surface area contributed by atoms with E-state index in [2.05, 4.69) is 17.1 Å². The second kappa shape index (κ2) is 10.9. The highest BCUT2D eigenvalue weighted by Gasteiger charge is 2.24. The summed E-state index contributed by atoms with van der Waals surface area (Å²) in [5, 5.41) is 2.95. The van der Waals surface area contributed by atoms with Gasteiger partial charge in [0.1, 0.15) is 0 Å². The van der Waals surface area contributed by atoms with E-state index in [-0.39, 0.29) is 36.4 Å². The van der Waals surface area contributed by atoms with Gasteiger partial charge in [0.15, 0.2) is 5.78 Å². The van der Waals surface area contributed by atoms with E-state index in [0.29, 0.717) is 18.7 Å². The fourth-order valence-corrected chi connectivity index (χ4v) is 3.96. The van der Waals surface area contributed by atoms with Gasteiger partial charge in [-0.1, -0.05) is 49.4 Å². The number of piperidine rings is 1. The van der Waals surface area contributed by atoms with Crippen molar-refractivity contribution in [3.8, 4) is 0 Å². The number of nitrogens with zero attached hydrogens (tertiary/aromatic N) is 1. The number of aryl methyl sites for hydroxylation is 1. The van der Waals surface area contributed by atoms with Gasteiger partial charge in [-0.25, -0.2) is 0 Å². The van der Waals surface area contributed by atoms with Crippen molar-refractivity contribution in [2.24, 2.45) is 11.7 Å². The maximum Gasteiger partial charge on any atom is 0.224 e. The molecule has 0 spiro atoms. The van der Waals surface area contributed by atoms with E-state index >= 15 is 0 Å². The molecule has 1 unspecified atom stereocenters. The number of Topliss-reactive ketones (excluding diaryl/α,β-unsaturated/α-hetero) is 1. The van der Waals surface area contributed by atoms with Crippen LogP contribution >= 0.6 is 0 Å². The first-order chi connectivity index (χ1) is 15.0. The molecule has 2 aromatic carbocycles. The molecule has 0 aromatic heterocycles. The third-order valence-electron chi connectivity index (χ3n) is 5.86.